The average Bonchev–Trinajstić information content (AvgIpc) is 2.48. The van der Waals surface area contributed by atoms with Crippen LogP contribution in [0.4, 0.5) is 0 Å². The summed E-state index contributed by atoms with van der Waals surface area (Å²) in [6.45, 7) is 0.421. The number of hydrazine groups is 1. The van der Waals surface area contributed by atoms with E-state index in [2.05, 4.69) is 5.32 Å². The van der Waals surface area contributed by atoms with E-state index in [1.807, 2.05) is 0 Å². The Hall–Kier alpha value is -1.63. The Morgan fingerprint density at radius 1 is 1.39 bits per heavy atom. The molecular formula is C11H17N3O4. The van der Waals surface area contributed by atoms with Crippen LogP contribution >= 0.6 is 0 Å². The van der Waals surface area contributed by atoms with E-state index in [9.17, 15) is 19.5 Å². The molecule has 18 heavy (non-hydrogen) atoms. The number of rotatable bonds is 2. The molecule has 0 saturated carbocycles. The number of carbonyl (C=O) groups is 3. The highest BCUT2D eigenvalue weighted by Crippen LogP contribution is 2.24. The van der Waals surface area contributed by atoms with Gasteiger partial charge in [-0.3, -0.25) is 14.6 Å². The summed E-state index contributed by atoms with van der Waals surface area (Å²) in [5.74, 6) is -1.56. The molecule has 2 saturated heterocycles. The van der Waals surface area contributed by atoms with Crippen molar-refractivity contribution >= 4 is 17.8 Å². The number of hydrogen-bond acceptors (Lipinski definition) is 4. The molecule has 2 aliphatic heterocycles. The van der Waals surface area contributed by atoms with Crippen LogP contribution in [0.15, 0.2) is 0 Å². The number of aliphatic carboxylic acids is 1. The van der Waals surface area contributed by atoms with Crippen LogP contribution in [0.2, 0.25) is 0 Å². The first-order valence-electron chi connectivity index (χ1n) is 6.09. The number of carbonyl (C=O) groups excluding carboxylic acids is 2. The molecule has 0 unspecified atom stereocenters. The second-order valence-corrected chi connectivity index (χ2v) is 4.58. The summed E-state index contributed by atoms with van der Waals surface area (Å²) in [7, 11) is 1.64. The van der Waals surface area contributed by atoms with E-state index in [4.69, 9.17) is 0 Å². The Bertz CT molecular complexity index is 384. The van der Waals surface area contributed by atoms with Gasteiger partial charge >= 0.3 is 5.97 Å². The Morgan fingerprint density at radius 3 is 2.72 bits per heavy atom. The fourth-order valence-electron chi connectivity index (χ4n) is 2.53. The van der Waals surface area contributed by atoms with E-state index in [-0.39, 0.29) is 18.2 Å². The van der Waals surface area contributed by atoms with E-state index >= 15 is 0 Å². The minimum absolute atomic E-state index is 0.174. The molecule has 2 fully saturated rings. The number of carboxylic acids is 1. The zero-order valence-corrected chi connectivity index (χ0v) is 10.3. The topological polar surface area (TPSA) is 89.9 Å². The van der Waals surface area contributed by atoms with Gasteiger partial charge in [0.2, 0.25) is 5.91 Å². The van der Waals surface area contributed by atoms with Gasteiger partial charge in [-0.05, 0) is 26.3 Å². The van der Waals surface area contributed by atoms with Crippen molar-refractivity contribution in [1.82, 2.24) is 15.3 Å². The molecule has 0 aromatic carbocycles. The quantitative estimate of drug-likeness (QED) is 0.673. The highest BCUT2D eigenvalue weighted by molar-refractivity contribution is 5.91. The number of fused-ring (bicyclic) bond motifs is 1. The molecule has 0 aromatic heterocycles. The monoisotopic (exact) mass is 255 g/mol. The SMILES string of the molecule is CN[C@H]1CCC(=O)N2CCC[C@@H](C(=O)O)N2C1=O. The lowest BCUT2D eigenvalue weighted by Crippen LogP contribution is -2.61. The molecule has 2 N–H and O–H groups in total. The third kappa shape index (κ3) is 2.05. The molecule has 2 heterocycles. The molecule has 0 radical (unpaired) electrons. The van der Waals surface area contributed by atoms with Gasteiger partial charge in [0.1, 0.15) is 0 Å². The largest absolute Gasteiger partial charge is 0.480 e. The fourth-order valence-corrected chi connectivity index (χ4v) is 2.53. The third-order valence-corrected chi connectivity index (χ3v) is 3.49. The molecule has 2 rings (SSSR count). The third-order valence-electron chi connectivity index (χ3n) is 3.49. The van der Waals surface area contributed by atoms with Crippen molar-refractivity contribution in [3.05, 3.63) is 0 Å². The summed E-state index contributed by atoms with van der Waals surface area (Å²) in [5.41, 5.74) is 0. The van der Waals surface area contributed by atoms with Crippen LogP contribution < -0.4 is 5.32 Å². The predicted octanol–water partition coefficient (Wildman–Crippen LogP) is -0.813. The van der Waals surface area contributed by atoms with Gasteiger partial charge in [0, 0.05) is 13.0 Å². The standard InChI is InChI=1S/C11H17N3O4/c1-12-7-4-5-9(15)13-6-2-3-8(11(17)18)14(13)10(7)16/h7-8,12H,2-6H2,1H3,(H,17,18)/t7-,8-/m0/s1. The lowest BCUT2D eigenvalue weighted by molar-refractivity contribution is -0.180. The van der Waals surface area contributed by atoms with Gasteiger partial charge in [0.25, 0.3) is 5.91 Å². The van der Waals surface area contributed by atoms with Gasteiger partial charge in [-0.15, -0.1) is 0 Å². The number of likely N-dealkylation sites (N-methyl/N-ethyl adjacent to an activating group) is 1. The lowest BCUT2D eigenvalue weighted by atomic mass is 10.1. The molecule has 0 bridgehead atoms. The number of carboxylic acid groups (broad SMARTS) is 1. The zero-order valence-electron chi connectivity index (χ0n) is 10.3. The van der Waals surface area contributed by atoms with Crippen molar-refractivity contribution < 1.29 is 19.5 Å². The van der Waals surface area contributed by atoms with Crippen LogP contribution in [-0.2, 0) is 14.4 Å². The molecule has 7 heteroatoms. The minimum Gasteiger partial charge on any atom is -0.480 e. The molecule has 7 nitrogen and oxygen atoms in total. The maximum absolute atomic E-state index is 12.3. The van der Waals surface area contributed by atoms with Crippen LogP contribution in [0.25, 0.3) is 0 Å². The van der Waals surface area contributed by atoms with Gasteiger partial charge in [0.15, 0.2) is 6.04 Å². The summed E-state index contributed by atoms with van der Waals surface area (Å²) in [6.07, 6.45) is 1.67. The Balaban J connectivity index is 2.34. The van der Waals surface area contributed by atoms with Crippen LogP contribution in [-0.4, -0.2) is 58.6 Å². The highest BCUT2D eigenvalue weighted by atomic mass is 16.4. The molecule has 0 spiro atoms. The molecule has 100 valence electrons. The smallest absolute Gasteiger partial charge is 0.328 e. The molecule has 2 aliphatic rings. The summed E-state index contributed by atoms with van der Waals surface area (Å²) in [4.78, 5) is 35.4. The van der Waals surface area contributed by atoms with Gasteiger partial charge in [0.05, 0.1) is 6.04 Å². The number of amides is 2. The molecular weight excluding hydrogens is 238 g/mol. The van der Waals surface area contributed by atoms with E-state index < -0.39 is 18.1 Å². The van der Waals surface area contributed by atoms with Crippen LogP contribution in [0.3, 0.4) is 0 Å². The van der Waals surface area contributed by atoms with Gasteiger partial charge in [-0.25, -0.2) is 9.80 Å². The Labute approximate surface area is 105 Å². The summed E-state index contributed by atoms with van der Waals surface area (Å²) < 4.78 is 0. The molecule has 2 amide bonds. The maximum atomic E-state index is 12.3. The minimum atomic E-state index is -1.06. The van der Waals surface area contributed by atoms with E-state index in [0.717, 1.165) is 5.01 Å². The average molecular weight is 255 g/mol. The van der Waals surface area contributed by atoms with Crippen molar-refractivity contribution in [1.29, 1.82) is 0 Å². The van der Waals surface area contributed by atoms with Crippen molar-refractivity contribution in [2.24, 2.45) is 0 Å². The fraction of sp³-hybridized carbons (Fsp3) is 0.727. The first-order chi connectivity index (χ1) is 8.56. The molecule has 2 atom stereocenters. The normalized spacial score (nSPS) is 28.9. The van der Waals surface area contributed by atoms with E-state index in [1.54, 1.807) is 7.05 Å². The van der Waals surface area contributed by atoms with Crippen LogP contribution in [0.1, 0.15) is 25.7 Å². The zero-order chi connectivity index (χ0) is 13.3. The second kappa shape index (κ2) is 4.93. The summed E-state index contributed by atoms with van der Waals surface area (Å²) in [5, 5.41) is 14.5. The van der Waals surface area contributed by atoms with Gasteiger partial charge < -0.3 is 10.4 Å². The van der Waals surface area contributed by atoms with Crippen molar-refractivity contribution in [2.75, 3.05) is 13.6 Å². The molecule has 0 aromatic rings. The van der Waals surface area contributed by atoms with Crippen molar-refractivity contribution in [3.8, 4) is 0 Å². The van der Waals surface area contributed by atoms with Crippen molar-refractivity contribution in [3.63, 3.8) is 0 Å². The Kier molecular flexibility index (Phi) is 3.51. The first-order valence-corrected chi connectivity index (χ1v) is 6.09. The number of nitrogens with one attached hydrogen (secondary N) is 1. The summed E-state index contributed by atoms with van der Waals surface area (Å²) >= 11 is 0. The van der Waals surface area contributed by atoms with Crippen molar-refractivity contribution in [2.45, 2.75) is 37.8 Å². The summed E-state index contributed by atoms with van der Waals surface area (Å²) in [6, 6.07) is -1.41. The molecule has 0 aliphatic carbocycles. The highest BCUT2D eigenvalue weighted by Gasteiger charge is 2.43. The van der Waals surface area contributed by atoms with Gasteiger partial charge in [-0.1, -0.05) is 0 Å². The van der Waals surface area contributed by atoms with Gasteiger partial charge in [-0.2, -0.15) is 0 Å². The Morgan fingerprint density at radius 2 is 2.11 bits per heavy atom. The number of nitrogens with zero attached hydrogens (tertiary/aromatic N) is 2. The second-order valence-electron chi connectivity index (χ2n) is 4.58. The maximum Gasteiger partial charge on any atom is 0.328 e. The van der Waals surface area contributed by atoms with E-state index in [0.29, 0.717) is 25.8 Å². The number of hydrogen-bond donors (Lipinski definition) is 2. The first kappa shape index (κ1) is 12.8. The van der Waals surface area contributed by atoms with Crippen LogP contribution in [0, 0.1) is 0 Å². The predicted molar refractivity (Wildman–Crippen MR) is 61.3 cm³/mol. The lowest BCUT2D eigenvalue weighted by Gasteiger charge is -2.41. The van der Waals surface area contributed by atoms with E-state index in [1.165, 1.54) is 5.01 Å². The van der Waals surface area contributed by atoms with Crippen LogP contribution in [0.5, 0.6) is 0 Å².